The molecule has 1 saturated carbocycles. The minimum Gasteiger partial charge on any atom is -0.397 e. The SMILES string of the molecule is Cc1ccncc1-c1cc(N)c2nnc(NC(=O)C3CC3)cc2c1. The fourth-order valence-corrected chi connectivity index (χ4v) is 2.74. The lowest BCUT2D eigenvalue weighted by molar-refractivity contribution is -0.117. The van der Waals surface area contributed by atoms with Crippen molar-refractivity contribution >= 4 is 28.3 Å². The molecule has 1 aromatic carbocycles. The number of nitrogens with two attached hydrogens (primary N) is 1. The predicted octanol–water partition coefficient (Wildman–Crippen LogP) is 2.93. The van der Waals surface area contributed by atoms with Crippen LogP contribution in [0.4, 0.5) is 11.5 Å². The Morgan fingerprint density at radius 1 is 1.25 bits per heavy atom. The van der Waals surface area contributed by atoms with E-state index in [-0.39, 0.29) is 11.8 Å². The van der Waals surface area contributed by atoms with Gasteiger partial charge in [-0.1, -0.05) is 0 Å². The number of rotatable bonds is 3. The second-order valence-electron chi connectivity index (χ2n) is 6.19. The fourth-order valence-electron chi connectivity index (χ4n) is 2.74. The molecule has 1 aliphatic carbocycles. The molecule has 1 amide bonds. The Kier molecular flexibility index (Phi) is 3.37. The number of amides is 1. The van der Waals surface area contributed by atoms with Gasteiger partial charge in [0.1, 0.15) is 5.52 Å². The number of pyridine rings is 1. The Bertz CT molecular complexity index is 949. The topological polar surface area (TPSA) is 93.8 Å². The Labute approximate surface area is 139 Å². The molecule has 24 heavy (non-hydrogen) atoms. The van der Waals surface area contributed by atoms with Crippen LogP contribution in [0.5, 0.6) is 0 Å². The molecular weight excluding hydrogens is 302 g/mol. The zero-order chi connectivity index (χ0) is 16.7. The smallest absolute Gasteiger partial charge is 0.228 e. The molecular formula is C18H17N5O. The Balaban J connectivity index is 1.77. The maximum atomic E-state index is 11.9. The molecule has 120 valence electrons. The van der Waals surface area contributed by atoms with Crippen molar-refractivity contribution in [1.82, 2.24) is 15.2 Å². The first-order valence-corrected chi connectivity index (χ1v) is 7.90. The molecule has 0 radical (unpaired) electrons. The van der Waals surface area contributed by atoms with Crippen molar-refractivity contribution in [2.24, 2.45) is 5.92 Å². The van der Waals surface area contributed by atoms with Gasteiger partial charge in [-0.15, -0.1) is 10.2 Å². The van der Waals surface area contributed by atoms with Crippen molar-refractivity contribution in [3.05, 3.63) is 42.2 Å². The summed E-state index contributed by atoms with van der Waals surface area (Å²) >= 11 is 0. The van der Waals surface area contributed by atoms with Crippen LogP contribution >= 0.6 is 0 Å². The van der Waals surface area contributed by atoms with Crippen LogP contribution in [0.25, 0.3) is 22.0 Å². The van der Waals surface area contributed by atoms with Gasteiger partial charge in [-0.3, -0.25) is 9.78 Å². The third-order valence-electron chi connectivity index (χ3n) is 4.27. The number of aromatic nitrogens is 3. The monoisotopic (exact) mass is 319 g/mol. The molecule has 3 aromatic rings. The molecule has 0 bridgehead atoms. The summed E-state index contributed by atoms with van der Waals surface area (Å²) in [6.45, 7) is 2.03. The average molecular weight is 319 g/mol. The second-order valence-corrected chi connectivity index (χ2v) is 6.19. The van der Waals surface area contributed by atoms with Crippen LogP contribution in [0.15, 0.2) is 36.7 Å². The molecule has 1 fully saturated rings. The van der Waals surface area contributed by atoms with E-state index in [0.29, 0.717) is 17.0 Å². The highest BCUT2D eigenvalue weighted by Gasteiger charge is 2.29. The van der Waals surface area contributed by atoms with Gasteiger partial charge < -0.3 is 11.1 Å². The fraction of sp³-hybridized carbons (Fsp3) is 0.222. The standard InChI is InChI=1S/C18H17N5O/c1-10-4-5-20-9-14(10)12-6-13-8-16(21-18(24)11-2-3-11)22-23-17(13)15(19)7-12/h4-9,11H,2-3,19H2,1H3,(H,21,22,24). The van der Waals surface area contributed by atoms with E-state index in [1.54, 1.807) is 6.20 Å². The molecule has 4 rings (SSSR count). The zero-order valence-electron chi connectivity index (χ0n) is 13.3. The van der Waals surface area contributed by atoms with E-state index in [1.165, 1.54) is 0 Å². The highest BCUT2D eigenvalue weighted by Crippen LogP contribution is 2.32. The molecule has 3 N–H and O–H groups in total. The number of carbonyl (C=O) groups is 1. The Morgan fingerprint density at radius 2 is 2.08 bits per heavy atom. The first-order valence-electron chi connectivity index (χ1n) is 7.90. The van der Waals surface area contributed by atoms with Crippen LogP contribution < -0.4 is 11.1 Å². The van der Waals surface area contributed by atoms with Gasteiger partial charge in [0.15, 0.2) is 5.82 Å². The molecule has 6 heteroatoms. The summed E-state index contributed by atoms with van der Waals surface area (Å²) in [5.74, 6) is 0.590. The number of nitrogen functional groups attached to an aromatic ring is 1. The number of hydrogen-bond donors (Lipinski definition) is 2. The molecule has 2 heterocycles. The summed E-state index contributed by atoms with van der Waals surface area (Å²) in [6.07, 6.45) is 5.48. The van der Waals surface area contributed by atoms with E-state index in [9.17, 15) is 4.79 Å². The van der Waals surface area contributed by atoms with Gasteiger partial charge in [0.25, 0.3) is 0 Å². The number of hydrogen-bond acceptors (Lipinski definition) is 5. The van der Waals surface area contributed by atoms with Gasteiger partial charge in [-0.25, -0.2) is 0 Å². The molecule has 1 aliphatic rings. The normalized spacial score (nSPS) is 13.9. The quantitative estimate of drug-likeness (QED) is 0.724. The Morgan fingerprint density at radius 3 is 2.83 bits per heavy atom. The van der Waals surface area contributed by atoms with E-state index in [4.69, 9.17) is 5.73 Å². The molecule has 6 nitrogen and oxygen atoms in total. The summed E-state index contributed by atoms with van der Waals surface area (Å²) in [7, 11) is 0. The van der Waals surface area contributed by atoms with Gasteiger partial charge in [-0.05, 0) is 55.2 Å². The molecule has 0 spiro atoms. The summed E-state index contributed by atoms with van der Waals surface area (Å²) < 4.78 is 0. The van der Waals surface area contributed by atoms with Gasteiger partial charge in [-0.2, -0.15) is 0 Å². The first kappa shape index (κ1) is 14.6. The number of nitrogens with zero attached hydrogens (tertiary/aromatic N) is 3. The largest absolute Gasteiger partial charge is 0.397 e. The van der Waals surface area contributed by atoms with Crippen LogP contribution in [0, 0.1) is 12.8 Å². The summed E-state index contributed by atoms with van der Waals surface area (Å²) in [4.78, 5) is 16.1. The lowest BCUT2D eigenvalue weighted by Gasteiger charge is -2.10. The van der Waals surface area contributed by atoms with Crippen LogP contribution in [0.2, 0.25) is 0 Å². The van der Waals surface area contributed by atoms with Crippen LogP contribution in [-0.2, 0) is 4.79 Å². The average Bonchev–Trinajstić information content (AvgIpc) is 3.40. The number of carbonyl (C=O) groups excluding carboxylic acids is 1. The van der Waals surface area contributed by atoms with Crippen molar-refractivity contribution in [1.29, 1.82) is 0 Å². The van der Waals surface area contributed by atoms with Crippen LogP contribution in [0.1, 0.15) is 18.4 Å². The van der Waals surface area contributed by atoms with Crippen molar-refractivity contribution in [3.8, 4) is 11.1 Å². The highest BCUT2D eigenvalue weighted by atomic mass is 16.2. The number of aryl methyl sites for hydroxylation is 1. The zero-order valence-corrected chi connectivity index (χ0v) is 13.3. The summed E-state index contributed by atoms with van der Waals surface area (Å²) in [6, 6.07) is 7.65. The van der Waals surface area contributed by atoms with Crippen molar-refractivity contribution in [2.45, 2.75) is 19.8 Å². The summed E-state index contributed by atoms with van der Waals surface area (Å²) in [5, 5.41) is 11.9. The molecule has 2 aromatic heterocycles. The van der Waals surface area contributed by atoms with Crippen molar-refractivity contribution in [3.63, 3.8) is 0 Å². The maximum Gasteiger partial charge on any atom is 0.228 e. The first-order chi connectivity index (χ1) is 11.6. The van der Waals surface area contributed by atoms with E-state index >= 15 is 0 Å². The van der Waals surface area contributed by atoms with Crippen molar-refractivity contribution < 1.29 is 4.79 Å². The van der Waals surface area contributed by atoms with Gasteiger partial charge in [0, 0.05) is 29.3 Å². The molecule has 0 saturated heterocycles. The minimum absolute atomic E-state index is 0.0101. The third kappa shape index (κ3) is 2.67. The van der Waals surface area contributed by atoms with Crippen molar-refractivity contribution in [2.75, 3.05) is 11.1 Å². The van der Waals surface area contributed by atoms with E-state index < -0.39 is 0 Å². The number of nitrogens with one attached hydrogen (secondary N) is 1. The second kappa shape index (κ2) is 5.56. The van der Waals surface area contributed by atoms with E-state index in [1.807, 2.05) is 37.4 Å². The molecule has 0 unspecified atom stereocenters. The number of anilines is 2. The molecule has 0 atom stereocenters. The maximum absolute atomic E-state index is 11.9. The van der Waals surface area contributed by atoms with Crippen LogP contribution in [0.3, 0.4) is 0 Å². The van der Waals surface area contributed by atoms with Gasteiger partial charge >= 0.3 is 0 Å². The predicted molar refractivity (Wildman–Crippen MR) is 93.3 cm³/mol. The third-order valence-corrected chi connectivity index (χ3v) is 4.27. The lowest BCUT2D eigenvalue weighted by Crippen LogP contribution is -2.14. The number of fused-ring (bicyclic) bond motifs is 1. The molecule has 0 aliphatic heterocycles. The lowest BCUT2D eigenvalue weighted by atomic mass is 10.0. The Hall–Kier alpha value is -3.02. The van der Waals surface area contributed by atoms with Crippen LogP contribution in [-0.4, -0.2) is 21.1 Å². The number of benzene rings is 1. The minimum atomic E-state index is 0.0101. The van der Waals surface area contributed by atoms with Gasteiger partial charge in [0.05, 0.1) is 5.69 Å². The highest BCUT2D eigenvalue weighted by molar-refractivity contribution is 5.98. The summed E-state index contributed by atoms with van der Waals surface area (Å²) in [5.41, 5.74) is 10.4. The van der Waals surface area contributed by atoms with Gasteiger partial charge in [0.2, 0.25) is 5.91 Å². The van der Waals surface area contributed by atoms with E-state index in [2.05, 4.69) is 20.5 Å². The van der Waals surface area contributed by atoms with E-state index in [0.717, 1.165) is 34.9 Å².